The minimum Gasteiger partial charge on any atom is -0.396 e. The minimum absolute atomic E-state index is 0.256. The van der Waals surface area contributed by atoms with Gasteiger partial charge in [0.2, 0.25) is 0 Å². The zero-order valence-corrected chi connectivity index (χ0v) is 11.2. The Kier molecular flexibility index (Phi) is 4.74. The number of nitrogens with zero attached hydrogens (tertiary/aromatic N) is 3. The van der Waals surface area contributed by atoms with Gasteiger partial charge in [-0.3, -0.25) is 9.80 Å². The Bertz CT molecular complexity index is 340. The molecular weight excluding hydrogens is 230 g/mol. The van der Waals surface area contributed by atoms with E-state index >= 15 is 0 Å². The van der Waals surface area contributed by atoms with Crippen LogP contribution >= 0.6 is 0 Å². The molecule has 1 aromatic heterocycles. The normalized spacial score (nSPS) is 22.8. The van der Waals surface area contributed by atoms with Gasteiger partial charge in [0.15, 0.2) is 0 Å². The average molecular weight is 253 g/mol. The van der Waals surface area contributed by atoms with Crippen LogP contribution in [0.15, 0.2) is 16.9 Å². The van der Waals surface area contributed by atoms with Gasteiger partial charge in [-0.2, -0.15) is 0 Å². The largest absolute Gasteiger partial charge is 0.396 e. The van der Waals surface area contributed by atoms with Gasteiger partial charge in [-0.05, 0) is 20.3 Å². The van der Waals surface area contributed by atoms with Gasteiger partial charge in [0, 0.05) is 50.9 Å². The summed E-state index contributed by atoms with van der Waals surface area (Å²) in [7, 11) is 0. The Morgan fingerprint density at radius 1 is 1.50 bits per heavy atom. The fourth-order valence-electron chi connectivity index (χ4n) is 2.71. The number of piperazine rings is 1. The highest BCUT2D eigenvalue weighted by atomic mass is 16.5. The predicted octanol–water partition coefficient (Wildman–Crippen LogP) is 0.952. The maximum atomic E-state index is 9.19. The number of hydrogen-bond acceptors (Lipinski definition) is 5. The van der Waals surface area contributed by atoms with E-state index in [2.05, 4.69) is 28.8 Å². The third-order valence-corrected chi connectivity index (χ3v) is 3.61. The van der Waals surface area contributed by atoms with Crippen LogP contribution in [0.2, 0.25) is 0 Å². The van der Waals surface area contributed by atoms with Gasteiger partial charge >= 0.3 is 0 Å². The summed E-state index contributed by atoms with van der Waals surface area (Å²) in [5, 5.41) is 13.1. The summed E-state index contributed by atoms with van der Waals surface area (Å²) in [4.78, 5) is 4.87. The molecule has 0 radical (unpaired) electrons. The lowest BCUT2D eigenvalue weighted by atomic mass is 10.1. The number of rotatable bonds is 5. The lowest BCUT2D eigenvalue weighted by Crippen LogP contribution is -2.55. The number of aliphatic hydroxyl groups excluding tert-OH is 1. The Labute approximate surface area is 108 Å². The van der Waals surface area contributed by atoms with E-state index in [0.29, 0.717) is 12.1 Å². The van der Waals surface area contributed by atoms with Gasteiger partial charge in [-0.25, -0.2) is 0 Å². The smallest absolute Gasteiger partial charge is 0.124 e. The maximum Gasteiger partial charge on any atom is 0.124 e. The van der Waals surface area contributed by atoms with Crippen LogP contribution < -0.4 is 0 Å². The molecule has 0 saturated carbocycles. The van der Waals surface area contributed by atoms with Crippen molar-refractivity contribution >= 4 is 0 Å². The fourth-order valence-corrected chi connectivity index (χ4v) is 2.71. The van der Waals surface area contributed by atoms with E-state index in [1.165, 1.54) is 0 Å². The highest BCUT2D eigenvalue weighted by molar-refractivity contribution is 4.96. The van der Waals surface area contributed by atoms with Gasteiger partial charge in [0.25, 0.3) is 0 Å². The molecule has 5 nitrogen and oxygen atoms in total. The standard InChI is InChI=1S/C13H23N3O2/c1-11(2)16-6-5-15(10-13(16)3-7-17)9-12-4-8-18-14-12/h4,8,11,13,17H,3,5-7,9-10H2,1-2H3/t13-/m1/s1. The Hall–Kier alpha value is -0.910. The first kappa shape index (κ1) is 13.5. The van der Waals surface area contributed by atoms with E-state index in [1.807, 2.05) is 6.07 Å². The Morgan fingerprint density at radius 2 is 2.33 bits per heavy atom. The summed E-state index contributed by atoms with van der Waals surface area (Å²) in [5.74, 6) is 0. The molecule has 1 saturated heterocycles. The third kappa shape index (κ3) is 3.31. The van der Waals surface area contributed by atoms with Crippen molar-refractivity contribution in [2.45, 2.75) is 38.9 Å². The van der Waals surface area contributed by atoms with Crippen LogP contribution in [0.25, 0.3) is 0 Å². The van der Waals surface area contributed by atoms with Gasteiger partial charge in [-0.1, -0.05) is 5.16 Å². The summed E-state index contributed by atoms with van der Waals surface area (Å²) in [5.41, 5.74) is 0.982. The molecule has 0 amide bonds. The molecule has 0 bridgehead atoms. The summed E-state index contributed by atoms with van der Waals surface area (Å²) in [6.07, 6.45) is 2.46. The summed E-state index contributed by atoms with van der Waals surface area (Å²) >= 11 is 0. The van der Waals surface area contributed by atoms with E-state index in [-0.39, 0.29) is 6.61 Å². The van der Waals surface area contributed by atoms with Crippen LogP contribution in [0, 0.1) is 0 Å². The van der Waals surface area contributed by atoms with E-state index in [4.69, 9.17) is 4.52 Å². The topological polar surface area (TPSA) is 52.7 Å². The van der Waals surface area contributed by atoms with Crippen LogP contribution in [-0.2, 0) is 6.54 Å². The number of hydrogen-bond donors (Lipinski definition) is 1. The van der Waals surface area contributed by atoms with E-state index in [0.717, 1.165) is 38.3 Å². The average Bonchev–Trinajstić information content (AvgIpc) is 2.82. The van der Waals surface area contributed by atoms with Crippen LogP contribution in [0.3, 0.4) is 0 Å². The molecule has 2 rings (SSSR count). The molecule has 18 heavy (non-hydrogen) atoms. The molecule has 5 heteroatoms. The second-order valence-electron chi connectivity index (χ2n) is 5.22. The van der Waals surface area contributed by atoms with E-state index in [1.54, 1.807) is 6.26 Å². The Morgan fingerprint density at radius 3 is 2.94 bits per heavy atom. The maximum absolute atomic E-state index is 9.19. The predicted molar refractivity (Wildman–Crippen MR) is 69.1 cm³/mol. The zero-order chi connectivity index (χ0) is 13.0. The summed E-state index contributed by atoms with van der Waals surface area (Å²) in [6, 6.07) is 2.89. The summed E-state index contributed by atoms with van der Waals surface area (Å²) < 4.78 is 4.86. The molecule has 0 unspecified atom stereocenters. The van der Waals surface area contributed by atoms with Crippen molar-refractivity contribution in [3.8, 4) is 0 Å². The molecule has 102 valence electrons. The highest BCUT2D eigenvalue weighted by Gasteiger charge is 2.28. The molecule has 0 aromatic carbocycles. The quantitative estimate of drug-likeness (QED) is 0.847. The molecule has 0 aliphatic carbocycles. The van der Waals surface area contributed by atoms with Crippen LogP contribution in [0.4, 0.5) is 0 Å². The molecule has 1 aliphatic heterocycles. The van der Waals surface area contributed by atoms with Gasteiger partial charge in [0.1, 0.15) is 6.26 Å². The van der Waals surface area contributed by atoms with Crippen LogP contribution in [0.5, 0.6) is 0 Å². The van der Waals surface area contributed by atoms with E-state index < -0.39 is 0 Å². The van der Waals surface area contributed by atoms with Crippen LogP contribution in [-0.4, -0.2) is 58.4 Å². The second kappa shape index (κ2) is 6.31. The molecule has 1 N–H and O–H groups in total. The lowest BCUT2D eigenvalue weighted by molar-refractivity contribution is 0.0340. The fraction of sp³-hybridized carbons (Fsp3) is 0.769. The van der Waals surface area contributed by atoms with Gasteiger partial charge in [0.05, 0.1) is 5.69 Å². The van der Waals surface area contributed by atoms with Gasteiger partial charge < -0.3 is 9.63 Å². The monoisotopic (exact) mass is 253 g/mol. The van der Waals surface area contributed by atoms with Crippen molar-refractivity contribution in [3.05, 3.63) is 18.0 Å². The Balaban J connectivity index is 1.92. The van der Waals surface area contributed by atoms with Gasteiger partial charge in [-0.15, -0.1) is 0 Å². The van der Waals surface area contributed by atoms with Crippen molar-refractivity contribution in [1.82, 2.24) is 15.0 Å². The third-order valence-electron chi connectivity index (χ3n) is 3.61. The molecule has 1 fully saturated rings. The molecule has 0 spiro atoms. The first-order valence-corrected chi connectivity index (χ1v) is 6.69. The van der Waals surface area contributed by atoms with Crippen molar-refractivity contribution in [2.24, 2.45) is 0 Å². The second-order valence-corrected chi connectivity index (χ2v) is 5.22. The molecule has 1 aliphatic rings. The molecule has 1 atom stereocenters. The van der Waals surface area contributed by atoms with Crippen molar-refractivity contribution in [3.63, 3.8) is 0 Å². The SMILES string of the molecule is CC(C)N1CCN(Cc2ccon2)C[C@H]1CCO. The first-order chi connectivity index (χ1) is 8.70. The van der Waals surface area contributed by atoms with Crippen molar-refractivity contribution in [1.29, 1.82) is 0 Å². The number of aliphatic hydroxyl groups is 1. The van der Waals surface area contributed by atoms with Crippen LogP contribution in [0.1, 0.15) is 26.0 Å². The molecular formula is C13H23N3O2. The minimum atomic E-state index is 0.256. The molecule has 1 aromatic rings. The number of aromatic nitrogens is 1. The molecule has 2 heterocycles. The first-order valence-electron chi connectivity index (χ1n) is 6.69. The van der Waals surface area contributed by atoms with Crippen molar-refractivity contribution < 1.29 is 9.63 Å². The highest BCUT2D eigenvalue weighted by Crippen LogP contribution is 2.17. The summed E-state index contributed by atoms with van der Waals surface area (Å²) in [6.45, 7) is 8.63. The van der Waals surface area contributed by atoms with E-state index in [9.17, 15) is 5.11 Å². The lowest BCUT2D eigenvalue weighted by Gasteiger charge is -2.43. The zero-order valence-electron chi connectivity index (χ0n) is 11.2. The van der Waals surface area contributed by atoms with Crippen molar-refractivity contribution in [2.75, 3.05) is 26.2 Å².